The zero-order valence-corrected chi connectivity index (χ0v) is 36.2. The molecule has 0 bridgehead atoms. The number of nitrogens with two attached hydrogens (primary N) is 1. The topological polar surface area (TPSA) is 205 Å². The molecular formula is C42H48N7O10S2+. The number of fused-ring (bicyclic) bond motifs is 1. The van der Waals surface area contributed by atoms with Gasteiger partial charge in [-0.05, 0) is 68.5 Å². The van der Waals surface area contributed by atoms with Crippen molar-refractivity contribution in [2.45, 2.75) is 64.2 Å². The molecule has 4 atom stereocenters. The Bertz CT molecular complexity index is 2270. The molecule has 4 aliphatic heterocycles. The number of hydrogen-bond donors (Lipinski definition) is 1. The number of benzene rings is 2. The van der Waals surface area contributed by atoms with Crippen molar-refractivity contribution in [3.63, 3.8) is 0 Å². The van der Waals surface area contributed by atoms with Gasteiger partial charge in [0.05, 0.1) is 37.0 Å². The lowest BCUT2D eigenvalue weighted by molar-refractivity contribution is -0.429. The van der Waals surface area contributed by atoms with Gasteiger partial charge in [-0.15, -0.1) is 11.8 Å². The van der Waals surface area contributed by atoms with Crippen LogP contribution in [0.1, 0.15) is 57.0 Å². The molecule has 1 aromatic heterocycles. The quantitative estimate of drug-likeness (QED) is 0.0783. The van der Waals surface area contributed by atoms with Crippen LogP contribution in [0, 0.1) is 17.8 Å². The van der Waals surface area contributed by atoms with E-state index in [1.807, 2.05) is 20.8 Å². The van der Waals surface area contributed by atoms with Gasteiger partial charge in [0.1, 0.15) is 36.0 Å². The number of carbonyl (C=O) groups excluding carboxylic acids is 5. The summed E-state index contributed by atoms with van der Waals surface area (Å²) in [5.41, 5.74) is 6.97. The summed E-state index contributed by atoms with van der Waals surface area (Å²) in [6, 6.07) is 14.2. The van der Waals surface area contributed by atoms with E-state index in [1.165, 1.54) is 16.7 Å². The first-order valence-electron chi connectivity index (χ1n) is 19.8. The summed E-state index contributed by atoms with van der Waals surface area (Å²) in [6.45, 7) is 6.72. The number of amides is 3. The van der Waals surface area contributed by atoms with Crippen LogP contribution in [-0.2, 0) is 46.7 Å². The van der Waals surface area contributed by atoms with E-state index in [0.717, 1.165) is 17.1 Å². The summed E-state index contributed by atoms with van der Waals surface area (Å²) in [5, 5.41) is 3.64. The summed E-state index contributed by atoms with van der Waals surface area (Å²) in [6.07, 6.45) is 2.22. The molecule has 4 aliphatic rings. The first kappa shape index (κ1) is 43.3. The molecule has 2 aromatic carbocycles. The molecule has 1 unspecified atom stereocenters. The molecular weight excluding hydrogens is 827 g/mol. The van der Waals surface area contributed by atoms with Crippen LogP contribution in [0.2, 0.25) is 0 Å². The number of hydrogen-bond acceptors (Lipinski definition) is 16. The number of likely N-dealkylation sites (tertiary alicyclic amines) is 1. The van der Waals surface area contributed by atoms with Crippen molar-refractivity contribution in [3.8, 4) is 11.5 Å². The summed E-state index contributed by atoms with van der Waals surface area (Å²) in [5.74, 6) is -1.49. The monoisotopic (exact) mass is 874 g/mol. The molecule has 61 heavy (non-hydrogen) atoms. The second-order valence-corrected chi connectivity index (χ2v) is 17.9. The minimum atomic E-state index is -0.820. The Morgan fingerprint density at radius 2 is 1.66 bits per heavy atom. The van der Waals surface area contributed by atoms with Gasteiger partial charge in [-0.3, -0.25) is 14.5 Å². The zero-order valence-electron chi connectivity index (χ0n) is 34.5. The van der Waals surface area contributed by atoms with Gasteiger partial charge in [-0.2, -0.15) is 13.9 Å². The molecule has 3 amide bonds. The van der Waals surface area contributed by atoms with E-state index in [1.54, 1.807) is 78.4 Å². The number of anilines is 1. The van der Waals surface area contributed by atoms with Crippen LogP contribution in [0.5, 0.6) is 11.5 Å². The number of Topliss-reactive ketones (excluding diaryl/α,β-unsaturated/α-hetero) is 1. The van der Waals surface area contributed by atoms with Gasteiger partial charge < -0.3 is 34.4 Å². The molecule has 0 aliphatic carbocycles. The summed E-state index contributed by atoms with van der Waals surface area (Å²) < 4.78 is 27.6. The molecule has 3 aromatic rings. The van der Waals surface area contributed by atoms with Crippen molar-refractivity contribution in [1.82, 2.24) is 19.2 Å². The lowest BCUT2D eigenvalue weighted by atomic mass is 9.89. The third-order valence-corrected chi connectivity index (χ3v) is 12.6. The molecule has 0 spiro atoms. The second kappa shape index (κ2) is 18.4. The smallest absolute Gasteiger partial charge is 0.410 e. The summed E-state index contributed by atoms with van der Waals surface area (Å²) in [7, 11) is 3.12. The minimum absolute atomic E-state index is 0.0184. The maximum Gasteiger partial charge on any atom is 0.410 e. The maximum atomic E-state index is 14.1. The number of nitrogen functional groups attached to an aromatic ring is 1. The highest BCUT2D eigenvalue weighted by atomic mass is 32.2. The molecule has 17 nitrogen and oxygen atoms in total. The van der Waals surface area contributed by atoms with Gasteiger partial charge in [-0.25, -0.2) is 14.4 Å². The van der Waals surface area contributed by atoms with Gasteiger partial charge in [0.15, 0.2) is 29.4 Å². The normalized spacial score (nSPS) is 22.2. The van der Waals surface area contributed by atoms with Gasteiger partial charge in [0.2, 0.25) is 11.7 Å². The predicted molar refractivity (Wildman–Crippen MR) is 225 cm³/mol. The Morgan fingerprint density at radius 3 is 2.28 bits per heavy atom. The van der Waals surface area contributed by atoms with E-state index in [2.05, 4.69) is 14.5 Å². The lowest BCUT2D eigenvalue weighted by Crippen LogP contribution is -2.62. The molecule has 0 radical (unpaired) electrons. The van der Waals surface area contributed by atoms with Crippen LogP contribution >= 0.6 is 23.3 Å². The van der Waals surface area contributed by atoms with Crippen LogP contribution in [0.3, 0.4) is 0 Å². The molecule has 2 N–H and O–H groups in total. The van der Waals surface area contributed by atoms with E-state index >= 15 is 0 Å². The molecule has 322 valence electrons. The second-order valence-electron chi connectivity index (χ2n) is 16.0. The highest BCUT2D eigenvalue weighted by molar-refractivity contribution is 8.00. The number of rotatable bonds is 14. The highest BCUT2D eigenvalue weighted by Crippen LogP contribution is 2.45. The van der Waals surface area contributed by atoms with Crippen molar-refractivity contribution in [1.29, 1.82) is 0 Å². The van der Waals surface area contributed by atoms with E-state index in [-0.39, 0.29) is 65.5 Å². The third-order valence-electron chi connectivity index (χ3n) is 10.7. The molecule has 3 fully saturated rings. The average molecular weight is 875 g/mol. The number of aromatic nitrogens is 2. The van der Waals surface area contributed by atoms with Gasteiger partial charge in [-0.1, -0.05) is 29.4 Å². The van der Waals surface area contributed by atoms with Crippen molar-refractivity contribution in [2.75, 3.05) is 45.3 Å². The van der Waals surface area contributed by atoms with Crippen LogP contribution in [0.4, 0.5) is 9.93 Å². The number of esters is 1. The molecule has 3 saturated heterocycles. The van der Waals surface area contributed by atoms with Crippen LogP contribution in [0.25, 0.3) is 0 Å². The SMILES string of the molecule is COc1ccc(CO/N=C(\C(=O)C[C@@H]2C(=O)N3C(C(=O)OCc4ccc(OC)cc4)=C(C=[N+]4CC[C@H](C5CCN(C(=O)OC(C)(C)C)C5)C4=O)CS[C@H]23)c2nsc(N)n2)cc1. The zero-order chi connectivity index (χ0) is 43.4. The lowest BCUT2D eigenvalue weighted by Gasteiger charge is -2.49. The standard InChI is InChI=1S/C42H48N7O10S2/c1-42(2,3)59-41(54)48-16-14-26(19-48)30-15-17-47(36(30)51)20-27-23-60-38-31(37(52)49(38)34(27)39(53)57-21-24-6-10-28(55-4)11-7-24)18-32(50)33(35-44-40(43)61-46-35)45-58-22-25-8-12-29(56-5)13-9-25/h6-13,20,26,30-31,38H,14-19,21-23H2,1-5H3,(H2,43,44,46)/q+1/b45-33+/t26?,30-,31-,38-/m1/s1. The van der Waals surface area contributed by atoms with Crippen molar-refractivity contribution in [2.24, 2.45) is 22.9 Å². The number of methoxy groups -OCH3 is 2. The highest BCUT2D eigenvalue weighted by Gasteiger charge is 2.55. The van der Waals surface area contributed by atoms with Gasteiger partial charge in [0, 0.05) is 43.2 Å². The molecule has 19 heteroatoms. The third kappa shape index (κ3) is 9.88. The maximum absolute atomic E-state index is 14.1. The fraction of sp³-hybridized carbons (Fsp3) is 0.452. The summed E-state index contributed by atoms with van der Waals surface area (Å²) in [4.78, 5) is 81.4. The van der Waals surface area contributed by atoms with E-state index < -0.39 is 40.6 Å². The van der Waals surface area contributed by atoms with E-state index in [9.17, 15) is 24.0 Å². The fourth-order valence-electron chi connectivity index (χ4n) is 7.63. The minimum Gasteiger partial charge on any atom is -0.497 e. The van der Waals surface area contributed by atoms with Crippen molar-refractivity contribution >= 4 is 70.0 Å². The van der Waals surface area contributed by atoms with E-state index in [0.29, 0.717) is 55.1 Å². The average Bonchev–Trinajstić information content (AvgIpc) is 4.00. The number of β-lactam (4-membered cyclic amide) rings is 1. The van der Waals surface area contributed by atoms with Crippen molar-refractivity contribution < 1.29 is 52.3 Å². The predicted octanol–water partition coefficient (Wildman–Crippen LogP) is 4.43. The van der Waals surface area contributed by atoms with Gasteiger partial charge >= 0.3 is 18.0 Å². The first-order chi connectivity index (χ1) is 29.2. The number of carbonyl (C=O) groups is 5. The number of ether oxygens (including phenoxy) is 4. The first-order valence-corrected chi connectivity index (χ1v) is 21.6. The van der Waals surface area contributed by atoms with Gasteiger partial charge in [0.25, 0.3) is 0 Å². The van der Waals surface area contributed by atoms with Crippen molar-refractivity contribution in [3.05, 3.63) is 76.8 Å². The van der Waals surface area contributed by atoms with E-state index in [4.69, 9.17) is 29.5 Å². The number of oxime groups is 1. The van der Waals surface area contributed by atoms with Crippen LogP contribution < -0.4 is 15.2 Å². The Morgan fingerprint density at radius 1 is 0.984 bits per heavy atom. The number of thioether (sulfide) groups is 1. The Labute approximate surface area is 361 Å². The molecule has 7 rings (SSSR count). The number of ketones is 1. The fourth-order valence-corrected chi connectivity index (χ4v) is 9.43. The Kier molecular flexibility index (Phi) is 13.1. The largest absolute Gasteiger partial charge is 0.497 e. The Balaban J connectivity index is 1.09. The summed E-state index contributed by atoms with van der Waals surface area (Å²) >= 11 is 2.27. The number of nitrogens with zero attached hydrogens (tertiary/aromatic N) is 6. The van der Waals surface area contributed by atoms with Crippen LogP contribution in [-0.4, -0.2) is 116 Å². The van der Waals surface area contributed by atoms with Crippen LogP contribution in [0.15, 0.2) is 65.0 Å². The molecule has 5 heterocycles. The Hall–Kier alpha value is -5.82. The molecule has 0 saturated carbocycles.